The number of benzene rings is 2. The van der Waals surface area contributed by atoms with Crippen LogP contribution in [-0.2, 0) is 6.54 Å². The summed E-state index contributed by atoms with van der Waals surface area (Å²) < 4.78 is 27.9. The van der Waals surface area contributed by atoms with Crippen LogP contribution in [0.1, 0.15) is 11.1 Å². The number of fused-ring (bicyclic) bond motifs is 1. The molecule has 104 valence electrons. The molecule has 0 aliphatic heterocycles. The van der Waals surface area contributed by atoms with E-state index in [9.17, 15) is 8.78 Å². The molecule has 3 rings (SSSR count). The van der Waals surface area contributed by atoms with E-state index in [-0.39, 0.29) is 12.5 Å². The van der Waals surface area contributed by atoms with Crippen LogP contribution in [0.4, 0.5) is 14.7 Å². The van der Waals surface area contributed by atoms with Crippen LogP contribution in [-0.4, -0.2) is 9.55 Å². The third-order valence-electron chi connectivity index (χ3n) is 3.25. The smallest absolute Gasteiger partial charge is 0.201 e. The molecule has 0 saturated carbocycles. The molecule has 0 aliphatic carbocycles. The van der Waals surface area contributed by atoms with Gasteiger partial charge in [-0.1, -0.05) is 12.1 Å². The zero-order chi connectivity index (χ0) is 15.0. The van der Waals surface area contributed by atoms with Gasteiger partial charge in [-0.2, -0.15) is 5.26 Å². The fraction of sp³-hybridized carbons (Fsp3) is 0.0667. The zero-order valence-corrected chi connectivity index (χ0v) is 10.8. The molecule has 0 fully saturated rings. The maximum absolute atomic E-state index is 13.3. The highest BCUT2D eigenvalue weighted by Crippen LogP contribution is 2.22. The van der Waals surface area contributed by atoms with Crippen molar-refractivity contribution in [2.45, 2.75) is 6.54 Å². The number of hydrogen-bond acceptors (Lipinski definition) is 3. The second-order valence-electron chi connectivity index (χ2n) is 4.59. The van der Waals surface area contributed by atoms with Crippen molar-refractivity contribution in [3.63, 3.8) is 0 Å². The number of nitrogen functional groups attached to an aromatic ring is 1. The van der Waals surface area contributed by atoms with Gasteiger partial charge < -0.3 is 10.3 Å². The first-order chi connectivity index (χ1) is 10.1. The SMILES string of the molecule is N#Cc1cccc2c1nc(N)n2Cc1ccc(F)c(F)c1. The highest BCUT2D eigenvalue weighted by molar-refractivity contribution is 5.84. The summed E-state index contributed by atoms with van der Waals surface area (Å²) in [5.41, 5.74) is 8.02. The molecule has 4 nitrogen and oxygen atoms in total. The number of para-hydroxylation sites is 1. The van der Waals surface area contributed by atoms with Crippen LogP contribution in [0.2, 0.25) is 0 Å². The molecule has 3 aromatic rings. The normalized spacial score (nSPS) is 10.7. The lowest BCUT2D eigenvalue weighted by atomic mass is 10.2. The molecule has 0 bridgehead atoms. The van der Waals surface area contributed by atoms with Crippen LogP contribution in [0.15, 0.2) is 36.4 Å². The highest BCUT2D eigenvalue weighted by atomic mass is 19.2. The Morgan fingerprint density at radius 1 is 1.19 bits per heavy atom. The number of aromatic nitrogens is 2. The number of nitriles is 1. The van der Waals surface area contributed by atoms with Crippen LogP contribution in [0.5, 0.6) is 0 Å². The van der Waals surface area contributed by atoms with Gasteiger partial charge in [0.2, 0.25) is 5.95 Å². The molecule has 0 unspecified atom stereocenters. The van der Waals surface area contributed by atoms with Gasteiger partial charge in [0.25, 0.3) is 0 Å². The Morgan fingerprint density at radius 3 is 2.71 bits per heavy atom. The summed E-state index contributed by atoms with van der Waals surface area (Å²) in [5.74, 6) is -1.58. The van der Waals surface area contributed by atoms with Crippen LogP contribution in [0, 0.1) is 23.0 Å². The van der Waals surface area contributed by atoms with Crippen molar-refractivity contribution in [3.05, 3.63) is 59.2 Å². The number of hydrogen-bond donors (Lipinski definition) is 1. The third-order valence-corrected chi connectivity index (χ3v) is 3.25. The van der Waals surface area contributed by atoms with E-state index in [1.807, 2.05) is 6.07 Å². The van der Waals surface area contributed by atoms with Crippen molar-refractivity contribution in [1.82, 2.24) is 9.55 Å². The summed E-state index contributed by atoms with van der Waals surface area (Å²) in [6.07, 6.45) is 0. The molecule has 1 heterocycles. The van der Waals surface area contributed by atoms with Crippen molar-refractivity contribution in [3.8, 4) is 6.07 Å². The molecule has 0 atom stereocenters. The van der Waals surface area contributed by atoms with Crippen LogP contribution in [0.3, 0.4) is 0 Å². The average molecular weight is 284 g/mol. The number of imidazole rings is 1. The first-order valence-electron chi connectivity index (χ1n) is 6.19. The molecule has 1 aromatic heterocycles. The van der Waals surface area contributed by atoms with Crippen LogP contribution >= 0.6 is 0 Å². The number of anilines is 1. The minimum atomic E-state index is -0.909. The number of rotatable bonds is 2. The van der Waals surface area contributed by atoms with E-state index in [4.69, 9.17) is 11.0 Å². The Hall–Kier alpha value is -2.94. The lowest BCUT2D eigenvalue weighted by molar-refractivity contribution is 0.506. The van der Waals surface area contributed by atoms with Gasteiger partial charge in [0.1, 0.15) is 11.6 Å². The van der Waals surface area contributed by atoms with Crippen LogP contribution in [0.25, 0.3) is 11.0 Å². The Bertz CT molecular complexity index is 877. The Balaban J connectivity index is 2.10. The topological polar surface area (TPSA) is 67.6 Å². The minimum absolute atomic E-state index is 0.220. The molecule has 0 aliphatic rings. The van der Waals surface area contributed by atoms with E-state index >= 15 is 0 Å². The van der Waals surface area contributed by atoms with Gasteiger partial charge in [0.05, 0.1) is 17.6 Å². The Kier molecular flexibility index (Phi) is 3.03. The van der Waals surface area contributed by atoms with Gasteiger partial charge in [0, 0.05) is 0 Å². The third kappa shape index (κ3) is 2.19. The van der Waals surface area contributed by atoms with E-state index < -0.39 is 11.6 Å². The van der Waals surface area contributed by atoms with E-state index in [1.165, 1.54) is 6.07 Å². The fourth-order valence-corrected chi connectivity index (χ4v) is 2.24. The van der Waals surface area contributed by atoms with Crippen molar-refractivity contribution < 1.29 is 8.78 Å². The average Bonchev–Trinajstić information content (AvgIpc) is 2.79. The van der Waals surface area contributed by atoms with E-state index in [1.54, 1.807) is 22.8 Å². The minimum Gasteiger partial charge on any atom is -0.369 e. The lowest BCUT2D eigenvalue weighted by Gasteiger charge is -2.07. The first kappa shape index (κ1) is 13.1. The maximum atomic E-state index is 13.3. The molecular weight excluding hydrogens is 274 g/mol. The van der Waals surface area contributed by atoms with Crippen LogP contribution < -0.4 is 5.73 Å². The summed E-state index contributed by atoms with van der Waals surface area (Å²) in [6.45, 7) is 0.244. The standard InChI is InChI=1S/C15H10F2N4/c16-11-5-4-9(6-12(11)17)8-21-13-3-1-2-10(7-18)14(13)20-15(21)19/h1-6H,8H2,(H2,19,20). The molecule has 0 spiro atoms. The van der Waals surface area contributed by atoms with Gasteiger partial charge in [-0.3, -0.25) is 0 Å². The predicted molar refractivity (Wildman–Crippen MR) is 74.3 cm³/mol. The molecule has 6 heteroatoms. The van der Waals surface area contributed by atoms with Crippen molar-refractivity contribution in [2.24, 2.45) is 0 Å². The van der Waals surface area contributed by atoms with Gasteiger partial charge in [-0.25, -0.2) is 13.8 Å². The quantitative estimate of drug-likeness (QED) is 0.786. The first-order valence-corrected chi connectivity index (χ1v) is 6.19. The van der Waals surface area contributed by atoms with Gasteiger partial charge >= 0.3 is 0 Å². The molecule has 2 N–H and O–H groups in total. The Labute approximate surface area is 119 Å². The molecule has 21 heavy (non-hydrogen) atoms. The molecule has 0 radical (unpaired) electrons. The van der Waals surface area contributed by atoms with E-state index in [0.29, 0.717) is 22.2 Å². The van der Waals surface area contributed by atoms with Crippen molar-refractivity contribution in [1.29, 1.82) is 5.26 Å². The summed E-state index contributed by atoms with van der Waals surface area (Å²) in [4.78, 5) is 4.17. The second-order valence-corrected chi connectivity index (χ2v) is 4.59. The molecular formula is C15H10F2N4. The summed E-state index contributed by atoms with van der Waals surface area (Å²) in [6, 6.07) is 10.9. The van der Waals surface area contributed by atoms with Crippen molar-refractivity contribution >= 4 is 17.0 Å². The number of halogens is 2. The Morgan fingerprint density at radius 2 is 2.00 bits per heavy atom. The summed E-state index contributed by atoms with van der Waals surface area (Å²) in [7, 11) is 0. The van der Waals surface area contributed by atoms with Gasteiger partial charge in [-0.05, 0) is 29.8 Å². The van der Waals surface area contributed by atoms with Gasteiger partial charge in [-0.15, -0.1) is 0 Å². The lowest BCUT2D eigenvalue weighted by Crippen LogP contribution is -2.05. The van der Waals surface area contributed by atoms with E-state index in [0.717, 1.165) is 12.1 Å². The molecule has 0 saturated heterocycles. The second kappa shape index (κ2) is 4.87. The summed E-state index contributed by atoms with van der Waals surface area (Å²) >= 11 is 0. The monoisotopic (exact) mass is 284 g/mol. The fourth-order valence-electron chi connectivity index (χ4n) is 2.24. The summed E-state index contributed by atoms with van der Waals surface area (Å²) in [5, 5.41) is 9.06. The molecule has 2 aromatic carbocycles. The predicted octanol–water partition coefficient (Wildman–Crippen LogP) is 2.82. The maximum Gasteiger partial charge on any atom is 0.201 e. The molecule has 0 amide bonds. The van der Waals surface area contributed by atoms with Crippen molar-refractivity contribution in [2.75, 3.05) is 5.73 Å². The van der Waals surface area contributed by atoms with E-state index in [2.05, 4.69) is 4.98 Å². The highest BCUT2D eigenvalue weighted by Gasteiger charge is 2.12. The number of nitrogens with zero attached hydrogens (tertiary/aromatic N) is 3. The largest absolute Gasteiger partial charge is 0.369 e. The zero-order valence-electron chi connectivity index (χ0n) is 10.8. The number of nitrogens with two attached hydrogens (primary N) is 1. The van der Waals surface area contributed by atoms with Gasteiger partial charge in [0.15, 0.2) is 11.6 Å².